The number of hydrazone groups is 1. The van der Waals surface area contributed by atoms with Gasteiger partial charge in [-0.05, 0) is 44.1 Å². The molecule has 0 bridgehead atoms. The van der Waals surface area contributed by atoms with Crippen molar-refractivity contribution in [1.29, 1.82) is 0 Å². The summed E-state index contributed by atoms with van der Waals surface area (Å²) in [5.74, 6) is 0.830. The highest BCUT2D eigenvalue weighted by Crippen LogP contribution is 2.17. The number of para-hydroxylation sites is 1. The van der Waals surface area contributed by atoms with Crippen molar-refractivity contribution in [1.82, 2.24) is 10.7 Å². The Balaban J connectivity index is 1.82. The summed E-state index contributed by atoms with van der Waals surface area (Å²) >= 11 is 5.27. The van der Waals surface area contributed by atoms with Crippen LogP contribution in [0, 0.1) is 0 Å². The zero-order valence-corrected chi connectivity index (χ0v) is 13.3. The molecule has 0 amide bonds. The number of nitrogens with zero attached hydrogens (tertiary/aromatic N) is 1. The smallest absolute Gasteiger partial charge is 0.187 e. The molecular weight excluding hydrogens is 282 g/mol. The van der Waals surface area contributed by atoms with Crippen LogP contribution in [0.25, 0.3) is 0 Å². The maximum Gasteiger partial charge on any atom is 0.187 e. The molecule has 1 saturated carbocycles. The van der Waals surface area contributed by atoms with Gasteiger partial charge in [-0.1, -0.05) is 31.4 Å². The Morgan fingerprint density at radius 1 is 1.33 bits per heavy atom. The highest BCUT2D eigenvalue weighted by Gasteiger charge is 2.13. The molecular formula is C16H23N3OS. The van der Waals surface area contributed by atoms with Crippen LogP contribution in [0.1, 0.15) is 44.6 Å². The van der Waals surface area contributed by atoms with E-state index in [4.69, 9.17) is 17.0 Å². The molecule has 4 nitrogen and oxygen atoms in total. The summed E-state index contributed by atoms with van der Waals surface area (Å²) in [6.07, 6.45) is 8.03. The Morgan fingerprint density at radius 3 is 2.86 bits per heavy atom. The lowest BCUT2D eigenvalue weighted by Gasteiger charge is -2.23. The number of nitrogens with one attached hydrogen (secondary N) is 2. The monoisotopic (exact) mass is 305 g/mol. The van der Waals surface area contributed by atoms with Gasteiger partial charge in [-0.15, -0.1) is 0 Å². The number of benzene rings is 1. The minimum absolute atomic E-state index is 0.490. The van der Waals surface area contributed by atoms with E-state index in [1.807, 2.05) is 31.2 Å². The molecule has 0 heterocycles. The van der Waals surface area contributed by atoms with E-state index in [1.54, 1.807) is 6.21 Å². The van der Waals surface area contributed by atoms with Crippen molar-refractivity contribution in [2.45, 2.75) is 45.1 Å². The second kappa shape index (κ2) is 8.62. The van der Waals surface area contributed by atoms with Gasteiger partial charge < -0.3 is 10.1 Å². The predicted molar refractivity (Wildman–Crippen MR) is 90.9 cm³/mol. The third kappa shape index (κ3) is 5.34. The molecule has 1 aliphatic carbocycles. The fourth-order valence-electron chi connectivity index (χ4n) is 2.50. The minimum atomic E-state index is 0.490. The Labute approximate surface area is 132 Å². The van der Waals surface area contributed by atoms with Crippen molar-refractivity contribution in [3.8, 4) is 5.75 Å². The third-order valence-electron chi connectivity index (χ3n) is 3.53. The Morgan fingerprint density at radius 2 is 2.10 bits per heavy atom. The van der Waals surface area contributed by atoms with Crippen LogP contribution in [0.3, 0.4) is 0 Å². The molecule has 0 spiro atoms. The summed E-state index contributed by atoms with van der Waals surface area (Å²) in [5, 5.41) is 8.10. The molecule has 2 rings (SSSR count). The number of hydrogen-bond donors (Lipinski definition) is 2. The largest absolute Gasteiger partial charge is 0.493 e. The molecule has 0 aromatic heterocycles. The molecule has 0 aliphatic heterocycles. The van der Waals surface area contributed by atoms with Gasteiger partial charge >= 0.3 is 0 Å². The van der Waals surface area contributed by atoms with E-state index >= 15 is 0 Å². The van der Waals surface area contributed by atoms with Gasteiger partial charge in [0, 0.05) is 11.6 Å². The lowest BCUT2D eigenvalue weighted by molar-refractivity contribution is 0.340. The summed E-state index contributed by atoms with van der Waals surface area (Å²) in [6.45, 7) is 2.61. The van der Waals surface area contributed by atoms with Crippen molar-refractivity contribution in [3.63, 3.8) is 0 Å². The standard InChI is InChI=1S/C16H23N3OS/c1-2-20-15-11-7-6-8-13(15)12-17-19-16(21)18-14-9-4-3-5-10-14/h6-8,11-12,14H,2-5,9-10H2,1H3,(H2,18,19,21)/b17-12+. The summed E-state index contributed by atoms with van der Waals surface area (Å²) in [6, 6.07) is 8.30. The van der Waals surface area contributed by atoms with Gasteiger partial charge in [-0.2, -0.15) is 5.10 Å². The average molecular weight is 305 g/mol. The van der Waals surface area contributed by atoms with Crippen molar-refractivity contribution in [2.24, 2.45) is 5.10 Å². The quantitative estimate of drug-likeness (QED) is 0.498. The first-order chi connectivity index (χ1) is 10.3. The van der Waals surface area contributed by atoms with E-state index in [9.17, 15) is 0 Å². The van der Waals surface area contributed by atoms with Crippen molar-refractivity contribution in [3.05, 3.63) is 29.8 Å². The van der Waals surface area contributed by atoms with Crippen LogP contribution < -0.4 is 15.5 Å². The highest BCUT2D eigenvalue weighted by molar-refractivity contribution is 7.80. The van der Waals surface area contributed by atoms with Gasteiger partial charge in [0.05, 0.1) is 12.8 Å². The summed E-state index contributed by atoms with van der Waals surface area (Å²) in [5.41, 5.74) is 3.82. The maximum atomic E-state index is 5.55. The molecule has 1 aliphatic rings. The van der Waals surface area contributed by atoms with Crippen molar-refractivity contribution < 1.29 is 4.74 Å². The van der Waals surface area contributed by atoms with Crippen LogP contribution in [-0.4, -0.2) is 24.0 Å². The molecule has 21 heavy (non-hydrogen) atoms. The fourth-order valence-corrected chi connectivity index (χ4v) is 2.72. The normalized spacial score (nSPS) is 15.9. The Kier molecular flexibility index (Phi) is 6.47. The van der Waals surface area contributed by atoms with E-state index in [0.29, 0.717) is 17.8 Å². The SMILES string of the molecule is CCOc1ccccc1/C=N/NC(=S)NC1CCCCC1. The van der Waals surface area contributed by atoms with Gasteiger partial charge in [0.1, 0.15) is 5.75 Å². The van der Waals surface area contributed by atoms with Gasteiger partial charge in [0.15, 0.2) is 5.11 Å². The van der Waals surface area contributed by atoms with Crippen molar-refractivity contribution >= 4 is 23.5 Å². The van der Waals surface area contributed by atoms with Crippen LogP contribution in [-0.2, 0) is 0 Å². The number of hydrogen-bond acceptors (Lipinski definition) is 3. The number of rotatable bonds is 5. The first-order valence-corrected chi connectivity index (χ1v) is 8.02. The van der Waals surface area contributed by atoms with E-state index in [2.05, 4.69) is 15.8 Å². The number of thiocarbonyl (C=S) groups is 1. The first-order valence-electron chi connectivity index (χ1n) is 7.61. The Hall–Kier alpha value is -1.62. The zero-order valence-electron chi connectivity index (χ0n) is 12.5. The van der Waals surface area contributed by atoms with Gasteiger partial charge in [-0.3, -0.25) is 5.43 Å². The minimum Gasteiger partial charge on any atom is -0.493 e. The van der Waals surface area contributed by atoms with E-state index in [1.165, 1.54) is 32.1 Å². The van der Waals surface area contributed by atoms with Crippen LogP contribution in [0.2, 0.25) is 0 Å². The lowest BCUT2D eigenvalue weighted by Crippen LogP contribution is -2.40. The summed E-state index contributed by atoms with van der Waals surface area (Å²) in [7, 11) is 0. The predicted octanol–water partition coefficient (Wildman–Crippen LogP) is 3.22. The molecule has 1 aromatic carbocycles. The maximum absolute atomic E-state index is 5.55. The van der Waals surface area contributed by atoms with Gasteiger partial charge in [0.25, 0.3) is 0 Å². The van der Waals surface area contributed by atoms with Crippen LogP contribution in [0.4, 0.5) is 0 Å². The van der Waals surface area contributed by atoms with E-state index in [0.717, 1.165) is 11.3 Å². The molecule has 1 aromatic rings. The molecule has 0 unspecified atom stereocenters. The molecule has 0 saturated heterocycles. The van der Waals surface area contributed by atoms with E-state index < -0.39 is 0 Å². The zero-order chi connectivity index (χ0) is 14.9. The van der Waals surface area contributed by atoms with E-state index in [-0.39, 0.29) is 0 Å². The Bertz CT molecular complexity index is 484. The van der Waals surface area contributed by atoms with Crippen LogP contribution in [0.15, 0.2) is 29.4 Å². The van der Waals surface area contributed by atoms with Crippen LogP contribution >= 0.6 is 12.2 Å². The second-order valence-corrected chi connectivity index (χ2v) is 5.56. The fraction of sp³-hybridized carbons (Fsp3) is 0.500. The van der Waals surface area contributed by atoms with Gasteiger partial charge in [-0.25, -0.2) is 0 Å². The second-order valence-electron chi connectivity index (χ2n) is 5.15. The average Bonchev–Trinajstić information content (AvgIpc) is 2.50. The third-order valence-corrected chi connectivity index (χ3v) is 3.74. The topological polar surface area (TPSA) is 45.6 Å². The molecule has 0 radical (unpaired) electrons. The highest BCUT2D eigenvalue weighted by atomic mass is 32.1. The molecule has 1 fully saturated rings. The summed E-state index contributed by atoms with van der Waals surface area (Å²) < 4.78 is 5.55. The molecule has 0 atom stereocenters. The summed E-state index contributed by atoms with van der Waals surface area (Å²) in [4.78, 5) is 0. The lowest BCUT2D eigenvalue weighted by atomic mass is 9.96. The van der Waals surface area contributed by atoms with Crippen LogP contribution in [0.5, 0.6) is 5.75 Å². The number of ether oxygens (including phenoxy) is 1. The van der Waals surface area contributed by atoms with Gasteiger partial charge in [0.2, 0.25) is 0 Å². The first kappa shape index (κ1) is 15.8. The van der Waals surface area contributed by atoms with Crippen molar-refractivity contribution in [2.75, 3.05) is 6.61 Å². The molecule has 5 heteroatoms. The molecule has 114 valence electrons. The molecule has 2 N–H and O–H groups in total.